The molecular weight excluding hydrogens is 295 g/mol. The van der Waals surface area contributed by atoms with Crippen molar-refractivity contribution in [1.29, 1.82) is 0 Å². The summed E-state index contributed by atoms with van der Waals surface area (Å²) in [5, 5.41) is 3.73. The number of halogens is 2. The van der Waals surface area contributed by atoms with Gasteiger partial charge in [-0.1, -0.05) is 23.7 Å². The number of carbonyl (C=O) groups is 1. The van der Waals surface area contributed by atoms with Gasteiger partial charge in [0.2, 0.25) is 5.91 Å². The van der Waals surface area contributed by atoms with E-state index in [2.05, 4.69) is 5.32 Å². The molecule has 1 aliphatic rings. The minimum atomic E-state index is -0.604. The van der Waals surface area contributed by atoms with Crippen molar-refractivity contribution in [2.24, 2.45) is 11.7 Å². The molecule has 1 atom stereocenters. The summed E-state index contributed by atoms with van der Waals surface area (Å²) < 4.78 is 0. The zero-order chi connectivity index (χ0) is 14.0. The molecule has 0 aromatic heterocycles. The zero-order valence-corrected chi connectivity index (χ0v) is 13.4. The summed E-state index contributed by atoms with van der Waals surface area (Å²) in [7, 11) is 0. The summed E-state index contributed by atoms with van der Waals surface area (Å²) in [4.78, 5) is 12.5. The lowest BCUT2D eigenvalue weighted by Gasteiger charge is -2.27. The summed E-state index contributed by atoms with van der Waals surface area (Å²) in [6.07, 6.45) is 2.33. The van der Waals surface area contributed by atoms with Gasteiger partial charge in [-0.15, -0.1) is 12.4 Å². The smallest absolute Gasteiger partial charge is 0.230 e. The lowest BCUT2D eigenvalue weighted by atomic mass is 9.83. The molecule has 1 saturated carbocycles. The molecule has 3 nitrogen and oxygen atoms in total. The van der Waals surface area contributed by atoms with Crippen molar-refractivity contribution in [2.75, 3.05) is 6.54 Å². The molecule has 20 heavy (non-hydrogen) atoms. The van der Waals surface area contributed by atoms with Crippen LogP contribution in [0.15, 0.2) is 24.3 Å². The molecule has 5 heteroatoms. The Bertz CT molecular complexity index is 473. The van der Waals surface area contributed by atoms with Crippen molar-refractivity contribution >= 4 is 29.9 Å². The van der Waals surface area contributed by atoms with E-state index >= 15 is 0 Å². The van der Waals surface area contributed by atoms with Gasteiger partial charge in [-0.05, 0) is 50.3 Å². The van der Waals surface area contributed by atoms with E-state index in [0.717, 1.165) is 5.56 Å². The van der Waals surface area contributed by atoms with Gasteiger partial charge in [0.1, 0.15) is 0 Å². The quantitative estimate of drug-likeness (QED) is 0.877. The highest BCUT2D eigenvalue weighted by molar-refractivity contribution is 6.30. The number of nitrogens with two attached hydrogens (primary N) is 1. The number of carbonyl (C=O) groups excluding carboxylic acids is 1. The highest BCUT2D eigenvalue weighted by Crippen LogP contribution is 2.33. The second kappa shape index (κ2) is 6.79. The number of nitrogens with one attached hydrogen (secondary N) is 1. The molecule has 3 N–H and O–H groups in total. The van der Waals surface area contributed by atoms with Crippen molar-refractivity contribution in [3.8, 4) is 0 Å². The Hall–Kier alpha value is -0.770. The fourth-order valence-corrected chi connectivity index (χ4v) is 2.42. The first-order chi connectivity index (χ1) is 8.95. The Morgan fingerprint density at radius 3 is 2.65 bits per heavy atom. The van der Waals surface area contributed by atoms with Gasteiger partial charge in [-0.2, -0.15) is 0 Å². The third-order valence-electron chi connectivity index (χ3n) is 3.88. The zero-order valence-electron chi connectivity index (χ0n) is 11.9. The van der Waals surface area contributed by atoms with E-state index in [1.807, 2.05) is 38.1 Å². The van der Waals surface area contributed by atoms with Crippen molar-refractivity contribution < 1.29 is 4.79 Å². The number of amides is 1. The first-order valence-corrected chi connectivity index (χ1v) is 7.10. The second-order valence-electron chi connectivity index (χ2n) is 5.79. The maximum Gasteiger partial charge on any atom is 0.230 e. The Labute approximate surface area is 131 Å². The molecule has 1 aliphatic carbocycles. The third kappa shape index (κ3) is 3.87. The molecule has 0 bridgehead atoms. The summed E-state index contributed by atoms with van der Waals surface area (Å²) in [6, 6.07) is 7.56. The molecule has 1 unspecified atom stereocenters. The molecule has 0 spiro atoms. The van der Waals surface area contributed by atoms with Crippen LogP contribution in [0, 0.1) is 5.92 Å². The molecule has 0 heterocycles. The number of hydrogen-bond donors (Lipinski definition) is 2. The predicted molar refractivity (Wildman–Crippen MR) is 85.4 cm³/mol. The van der Waals surface area contributed by atoms with Gasteiger partial charge >= 0.3 is 0 Å². The average Bonchev–Trinajstić information content (AvgIpc) is 3.19. The van der Waals surface area contributed by atoms with Crippen molar-refractivity contribution in [2.45, 2.75) is 38.1 Å². The van der Waals surface area contributed by atoms with Crippen LogP contribution in [-0.4, -0.2) is 18.5 Å². The minimum Gasteiger partial charge on any atom is -0.351 e. The van der Waals surface area contributed by atoms with Gasteiger partial charge in [0.05, 0.1) is 5.41 Å². The van der Waals surface area contributed by atoms with E-state index in [9.17, 15) is 4.79 Å². The predicted octanol–water partition coefficient (Wildman–Crippen LogP) is 2.89. The van der Waals surface area contributed by atoms with E-state index in [4.69, 9.17) is 17.3 Å². The Morgan fingerprint density at radius 2 is 2.15 bits per heavy atom. The number of rotatable bonds is 5. The average molecular weight is 317 g/mol. The third-order valence-corrected chi connectivity index (χ3v) is 4.11. The fourth-order valence-electron chi connectivity index (χ4n) is 2.22. The van der Waals surface area contributed by atoms with Gasteiger partial charge in [-0.3, -0.25) is 4.79 Å². The van der Waals surface area contributed by atoms with E-state index in [1.54, 1.807) is 0 Å². The molecule has 1 aromatic carbocycles. The van der Waals surface area contributed by atoms with Crippen LogP contribution in [0.25, 0.3) is 0 Å². The first kappa shape index (κ1) is 17.3. The van der Waals surface area contributed by atoms with E-state index in [1.165, 1.54) is 12.8 Å². The lowest BCUT2D eigenvalue weighted by Crippen LogP contribution is -2.48. The molecule has 1 aromatic rings. The molecular formula is C15H22Cl2N2O. The minimum absolute atomic E-state index is 0. The van der Waals surface area contributed by atoms with Gasteiger partial charge in [0.15, 0.2) is 0 Å². The van der Waals surface area contributed by atoms with Crippen LogP contribution in [0.5, 0.6) is 0 Å². The van der Waals surface area contributed by atoms with Gasteiger partial charge in [-0.25, -0.2) is 0 Å². The van der Waals surface area contributed by atoms with Gasteiger partial charge < -0.3 is 11.1 Å². The van der Waals surface area contributed by atoms with E-state index < -0.39 is 5.41 Å². The number of hydrogen-bond acceptors (Lipinski definition) is 2. The summed E-state index contributed by atoms with van der Waals surface area (Å²) in [5.74, 6) is 0.571. The SMILES string of the molecule is CC(C)(C(=O)NC(CN)C1CC1)c1cccc(Cl)c1.Cl. The first-order valence-electron chi connectivity index (χ1n) is 6.72. The normalized spacial score (nSPS) is 16.2. The summed E-state index contributed by atoms with van der Waals surface area (Å²) in [6.45, 7) is 4.32. The maximum atomic E-state index is 12.5. The van der Waals surface area contributed by atoms with Crippen LogP contribution in [-0.2, 0) is 10.2 Å². The van der Waals surface area contributed by atoms with Crippen molar-refractivity contribution in [3.05, 3.63) is 34.9 Å². The monoisotopic (exact) mass is 316 g/mol. The van der Waals surface area contributed by atoms with Gasteiger partial charge in [0.25, 0.3) is 0 Å². The molecule has 1 fully saturated rings. The van der Waals surface area contributed by atoms with Gasteiger partial charge in [0, 0.05) is 17.6 Å². The van der Waals surface area contributed by atoms with Crippen LogP contribution in [0.1, 0.15) is 32.3 Å². The van der Waals surface area contributed by atoms with E-state index in [-0.39, 0.29) is 24.4 Å². The van der Waals surface area contributed by atoms with Crippen LogP contribution in [0.4, 0.5) is 0 Å². The maximum absolute atomic E-state index is 12.5. The second-order valence-corrected chi connectivity index (χ2v) is 6.22. The van der Waals surface area contributed by atoms with Crippen LogP contribution in [0.3, 0.4) is 0 Å². The van der Waals surface area contributed by atoms with Crippen LogP contribution < -0.4 is 11.1 Å². The Kier molecular flexibility index (Phi) is 5.87. The topological polar surface area (TPSA) is 55.1 Å². The molecule has 0 saturated heterocycles. The summed E-state index contributed by atoms with van der Waals surface area (Å²) >= 11 is 6.00. The molecule has 0 radical (unpaired) electrons. The Balaban J connectivity index is 0.00000200. The van der Waals surface area contributed by atoms with Crippen molar-refractivity contribution in [3.63, 3.8) is 0 Å². The van der Waals surface area contributed by atoms with E-state index in [0.29, 0.717) is 17.5 Å². The molecule has 1 amide bonds. The lowest BCUT2D eigenvalue weighted by molar-refractivity contribution is -0.126. The largest absolute Gasteiger partial charge is 0.351 e. The summed E-state index contributed by atoms with van der Waals surface area (Å²) in [5.41, 5.74) is 6.05. The number of benzene rings is 1. The fraction of sp³-hybridized carbons (Fsp3) is 0.533. The standard InChI is InChI=1S/C15H21ClN2O.ClH/c1-15(2,11-4-3-5-12(16)8-11)14(19)18-13(9-17)10-6-7-10;/h3-5,8,10,13H,6-7,9,17H2,1-2H3,(H,18,19);1H. The molecule has 112 valence electrons. The molecule has 0 aliphatic heterocycles. The highest BCUT2D eigenvalue weighted by atomic mass is 35.5. The highest BCUT2D eigenvalue weighted by Gasteiger charge is 2.36. The van der Waals surface area contributed by atoms with Crippen molar-refractivity contribution in [1.82, 2.24) is 5.32 Å². The molecule has 2 rings (SSSR count). The van der Waals surface area contributed by atoms with Crippen LogP contribution >= 0.6 is 24.0 Å². The van der Waals surface area contributed by atoms with Crippen LogP contribution in [0.2, 0.25) is 5.02 Å². The Morgan fingerprint density at radius 1 is 1.50 bits per heavy atom.